The second-order valence-corrected chi connectivity index (χ2v) is 4.39. The topological polar surface area (TPSA) is 56.3 Å². The van der Waals surface area contributed by atoms with Gasteiger partial charge in [-0.1, -0.05) is 12.1 Å². The number of rotatable bonds is 5. The first-order valence-corrected chi connectivity index (χ1v) is 6.54. The van der Waals surface area contributed by atoms with Crippen LogP contribution in [0.3, 0.4) is 0 Å². The molecule has 5 heteroatoms. The first kappa shape index (κ1) is 14.1. The van der Waals surface area contributed by atoms with E-state index in [1.165, 1.54) is 11.9 Å². The molecule has 2 rings (SSSR count). The zero-order valence-corrected chi connectivity index (χ0v) is 12.2. The number of anilines is 1. The summed E-state index contributed by atoms with van der Waals surface area (Å²) in [6.07, 6.45) is 1.46. The minimum absolute atomic E-state index is 0.409. The van der Waals surface area contributed by atoms with Crippen LogP contribution in [-0.4, -0.2) is 23.6 Å². The van der Waals surface area contributed by atoms with E-state index in [9.17, 15) is 0 Å². The Balaban J connectivity index is 2.38. The van der Waals surface area contributed by atoms with Crippen LogP contribution < -0.4 is 14.8 Å². The Kier molecular flexibility index (Phi) is 4.40. The molecule has 2 aromatic rings. The van der Waals surface area contributed by atoms with Crippen LogP contribution in [0, 0.1) is 13.8 Å². The zero-order chi connectivity index (χ0) is 14.5. The molecule has 0 bridgehead atoms. The van der Waals surface area contributed by atoms with E-state index >= 15 is 0 Å². The summed E-state index contributed by atoms with van der Waals surface area (Å²) >= 11 is 0. The maximum atomic E-state index is 5.88. The number of aromatic nitrogens is 2. The molecule has 0 saturated heterocycles. The van der Waals surface area contributed by atoms with Crippen molar-refractivity contribution in [1.82, 2.24) is 9.97 Å². The third kappa shape index (κ3) is 2.82. The monoisotopic (exact) mass is 273 g/mol. The van der Waals surface area contributed by atoms with Gasteiger partial charge < -0.3 is 14.8 Å². The summed E-state index contributed by atoms with van der Waals surface area (Å²) in [5.41, 5.74) is 2.25. The number of hydrogen-bond donors (Lipinski definition) is 1. The van der Waals surface area contributed by atoms with E-state index in [0.717, 1.165) is 17.9 Å². The van der Waals surface area contributed by atoms with E-state index in [4.69, 9.17) is 9.47 Å². The summed E-state index contributed by atoms with van der Waals surface area (Å²) in [6, 6.07) is 5.91. The van der Waals surface area contributed by atoms with Gasteiger partial charge in [-0.15, -0.1) is 0 Å². The molecule has 5 nitrogen and oxygen atoms in total. The number of methoxy groups -OCH3 is 1. The fourth-order valence-electron chi connectivity index (χ4n) is 1.85. The van der Waals surface area contributed by atoms with Gasteiger partial charge in [-0.05, 0) is 38.0 Å². The van der Waals surface area contributed by atoms with Crippen LogP contribution in [-0.2, 0) is 0 Å². The number of aryl methyl sites for hydroxylation is 1. The highest BCUT2D eigenvalue weighted by Gasteiger charge is 2.14. The van der Waals surface area contributed by atoms with Gasteiger partial charge >= 0.3 is 0 Å². The van der Waals surface area contributed by atoms with Crippen molar-refractivity contribution >= 4 is 5.82 Å². The summed E-state index contributed by atoms with van der Waals surface area (Å²) in [4.78, 5) is 8.31. The number of hydrogen-bond acceptors (Lipinski definition) is 5. The number of benzene rings is 1. The molecule has 0 atom stereocenters. The van der Waals surface area contributed by atoms with E-state index in [1.807, 2.05) is 39.0 Å². The van der Waals surface area contributed by atoms with Gasteiger partial charge in [-0.3, -0.25) is 0 Å². The SMILES string of the molecule is CCNc1ncnc(Oc2cccc(C)c2C)c1OC. The van der Waals surface area contributed by atoms with Crippen LogP contribution in [0.4, 0.5) is 5.82 Å². The van der Waals surface area contributed by atoms with Crippen LogP contribution in [0.5, 0.6) is 17.4 Å². The predicted octanol–water partition coefficient (Wildman–Crippen LogP) is 3.33. The van der Waals surface area contributed by atoms with Crippen molar-refractivity contribution in [2.75, 3.05) is 19.0 Å². The molecular weight excluding hydrogens is 254 g/mol. The second-order valence-electron chi connectivity index (χ2n) is 4.39. The summed E-state index contributed by atoms with van der Waals surface area (Å²) in [5.74, 6) is 2.32. The van der Waals surface area contributed by atoms with Gasteiger partial charge in [0.2, 0.25) is 5.75 Å². The lowest BCUT2D eigenvalue weighted by Gasteiger charge is -2.14. The predicted molar refractivity (Wildman–Crippen MR) is 78.7 cm³/mol. The van der Waals surface area contributed by atoms with Crippen molar-refractivity contribution in [1.29, 1.82) is 0 Å². The van der Waals surface area contributed by atoms with E-state index in [-0.39, 0.29) is 0 Å². The number of ether oxygens (including phenoxy) is 2. The minimum atomic E-state index is 0.409. The molecule has 0 spiro atoms. The fraction of sp³-hybridized carbons (Fsp3) is 0.333. The Bertz CT molecular complexity index is 600. The van der Waals surface area contributed by atoms with Gasteiger partial charge in [0, 0.05) is 6.54 Å². The molecule has 106 valence electrons. The number of nitrogens with zero attached hydrogens (tertiary/aromatic N) is 2. The molecule has 0 aliphatic carbocycles. The van der Waals surface area contributed by atoms with Crippen LogP contribution in [0.1, 0.15) is 18.1 Å². The fourth-order valence-corrected chi connectivity index (χ4v) is 1.85. The van der Waals surface area contributed by atoms with Crippen LogP contribution in [0.15, 0.2) is 24.5 Å². The van der Waals surface area contributed by atoms with Crippen molar-refractivity contribution in [3.05, 3.63) is 35.7 Å². The molecule has 0 saturated carbocycles. The Labute approximate surface area is 119 Å². The van der Waals surface area contributed by atoms with Gasteiger partial charge in [0.05, 0.1) is 7.11 Å². The van der Waals surface area contributed by atoms with Crippen LogP contribution in [0.25, 0.3) is 0 Å². The zero-order valence-electron chi connectivity index (χ0n) is 12.2. The van der Waals surface area contributed by atoms with Crippen LogP contribution >= 0.6 is 0 Å². The van der Waals surface area contributed by atoms with Gasteiger partial charge in [0.15, 0.2) is 5.82 Å². The van der Waals surface area contributed by atoms with E-state index < -0.39 is 0 Å². The quantitative estimate of drug-likeness (QED) is 0.905. The van der Waals surface area contributed by atoms with Gasteiger partial charge in [0.25, 0.3) is 5.88 Å². The molecule has 0 aliphatic heterocycles. The molecule has 20 heavy (non-hydrogen) atoms. The van der Waals surface area contributed by atoms with Crippen molar-refractivity contribution in [3.63, 3.8) is 0 Å². The first-order valence-electron chi connectivity index (χ1n) is 6.54. The molecule has 0 radical (unpaired) electrons. The lowest BCUT2D eigenvalue weighted by Crippen LogP contribution is -2.04. The highest BCUT2D eigenvalue weighted by atomic mass is 16.5. The molecular formula is C15H19N3O2. The molecule has 0 aliphatic rings. The summed E-state index contributed by atoms with van der Waals surface area (Å²) in [7, 11) is 1.58. The Morgan fingerprint density at radius 2 is 2.00 bits per heavy atom. The summed E-state index contributed by atoms with van der Waals surface area (Å²) < 4.78 is 11.2. The summed E-state index contributed by atoms with van der Waals surface area (Å²) in [5, 5.41) is 3.12. The van der Waals surface area contributed by atoms with Gasteiger partial charge in [-0.25, -0.2) is 4.98 Å². The van der Waals surface area contributed by atoms with Gasteiger partial charge in [0.1, 0.15) is 12.1 Å². The Morgan fingerprint density at radius 3 is 2.70 bits per heavy atom. The molecule has 1 N–H and O–H groups in total. The highest BCUT2D eigenvalue weighted by molar-refractivity contribution is 5.56. The molecule has 1 heterocycles. The van der Waals surface area contributed by atoms with Crippen molar-refractivity contribution in [2.24, 2.45) is 0 Å². The molecule has 0 unspecified atom stereocenters. The molecule has 1 aromatic carbocycles. The van der Waals surface area contributed by atoms with E-state index in [2.05, 4.69) is 15.3 Å². The standard InChI is InChI=1S/C15H19N3O2/c1-5-16-14-13(19-4)15(18-9-17-14)20-12-8-6-7-10(2)11(12)3/h6-9H,5H2,1-4H3,(H,16,17,18). The Hall–Kier alpha value is -2.30. The average Bonchev–Trinajstić information content (AvgIpc) is 2.44. The van der Waals surface area contributed by atoms with Crippen molar-refractivity contribution in [2.45, 2.75) is 20.8 Å². The Morgan fingerprint density at radius 1 is 1.20 bits per heavy atom. The largest absolute Gasteiger partial charge is 0.489 e. The average molecular weight is 273 g/mol. The lowest BCUT2D eigenvalue weighted by atomic mass is 10.1. The molecule has 1 aromatic heterocycles. The normalized spacial score (nSPS) is 10.2. The third-order valence-corrected chi connectivity index (χ3v) is 3.08. The third-order valence-electron chi connectivity index (χ3n) is 3.08. The first-order chi connectivity index (χ1) is 9.67. The summed E-state index contributed by atoms with van der Waals surface area (Å²) in [6.45, 7) is 6.80. The number of nitrogens with one attached hydrogen (secondary N) is 1. The maximum Gasteiger partial charge on any atom is 0.268 e. The smallest absolute Gasteiger partial charge is 0.268 e. The van der Waals surface area contributed by atoms with Crippen molar-refractivity contribution in [3.8, 4) is 17.4 Å². The molecule has 0 amide bonds. The minimum Gasteiger partial charge on any atom is -0.489 e. The maximum absolute atomic E-state index is 5.88. The second kappa shape index (κ2) is 6.23. The van der Waals surface area contributed by atoms with Gasteiger partial charge in [-0.2, -0.15) is 4.98 Å². The lowest BCUT2D eigenvalue weighted by molar-refractivity contribution is 0.368. The molecule has 0 fully saturated rings. The van der Waals surface area contributed by atoms with Crippen LogP contribution in [0.2, 0.25) is 0 Å². The highest BCUT2D eigenvalue weighted by Crippen LogP contribution is 2.35. The van der Waals surface area contributed by atoms with E-state index in [1.54, 1.807) is 7.11 Å². The van der Waals surface area contributed by atoms with E-state index in [0.29, 0.717) is 17.4 Å². The van der Waals surface area contributed by atoms with Crippen molar-refractivity contribution < 1.29 is 9.47 Å².